The Morgan fingerprint density at radius 1 is 0.826 bits per heavy atom. The van der Waals surface area contributed by atoms with Crippen LogP contribution in [-0.2, 0) is 0 Å². The molecule has 0 radical (unpaired) electrons. The van der Waals surface area contributed by atoms with Crippen LogP contribution in [-0.4, -0.2) is 9.97 Å². The van der Waals surface area contributed by atoms with E-state index in [0.29, 0.717) is 32.4 Å². The average molecular weight is 364 g/mol. The highest BCUT2D eigenvalue weighted by molar-refractivity contribution is 6.36. The Labute approximate surface area is 146 Å². The van der Waals surface area contributed by atoms with Gasteiger partial charge >= 0.3 is 0 Å². The fourth-order valence-corrected chi connectivity index (χ4v) is 3.07. The van der Waals surface area contributed by atoms with E-state index < -0.39 is 0 Å². The summed E-state index contributed by atoms with van der Waals surface area (Å²) in [5, 5.41) is 1.77. The second-order valence-corrected chi connectivity index (χ2v) is 6.32. The summed E-state index contributed by atoms with van der Waals surface area (Å²) in [4.78, 5) is 7.70. The lowest BCUT2D eigenvalue weighted by Gasteiger charge is -2.00. The number of benzene rings is 2. The number of nitrogens with zero attached hydrogens (tertiary/aromatic N) is 1. The zero-order valence-electron chi connectivity index (χ0n) is 11.6. The van der Waals surface area contributed by atoms with Crippen molar-refractivity contribution in [2.45, 2.75) is 0 Å². The number of aromatic nitrogens is 2. The second-order valence-electron chi connectivity index (χ2n) is 5.03. The second kappa shape index (κ2) is 5.60. The molecule has 3 nitrogen and oxygen atoms in total. The van der Waals surface area contributed by atoms with Gasteiger partial charge in [-0.2, -0.15) is 0 Å². The number of rotatable bonds is 2. The fourth-order valence-electron chi connectivity index (χ4n) is 2.40. The van der Waals surface area contributed by atoms with Crippen molar-refractivity contribution in [2.24, 2.45) is 0 Å². The van der Waals surface area contributed by atoms with Crippen LogP contribution < -0.4 is 0 Å². The molecule has 0 saturated carbocycles. The van der Waals surface area contributed by atoms with Crippen LogP contribution in [0.25, 0.3) is 33.9 Å². The average Bonchev–Trinajstić information content (AvgIpc) is 3.12. The van der Waals surface area contributed by atoms with Crippen LogP contribution in [0.5, 0.6) is 0 Å². The maximum atomic E-state index is 6.22. The normalized spacial score (nSPS) is 11.3. The van der Waals surface area contributed by atoms with Gasteiger partial charge in [-0.05, 0) is 48.5 Å². The Morgan fingerprint density at radius 2 is 1.57 bits per heavy atom. The molecule has 2 heterocycles. The van der Waals surface area contributed by atoms with E-state index in [0.717, 1.165) is 16.6 Å². The number of H-pyrrole nitrogens is 1. The molecule has 0 aliphatic rings. The third-order valence-corrected chi connectivity index (χ3v) is 4.26. The van der Waals surface area contributed by atoms with Gasteiger partial charge in [-0.3, -0.25) is 0 Å². The number of aromatic amines is 1. The van der Waals surface area contributed by atoms with E-state index in [4.69, 9.17) is 39.2 Å². The van der Waals surface area contributed by atoms with E-state index in [1.807, 2.05) is 30.3 Å². The van der Waals surface area contributed by atoms with Crippen molar-refractivity contribution in [1.29, 1.82) is 0 Å². The molecule has 0 bridgehead atoms. The molecule has 0 fully saturated rings. The Balaban J connectivity index is 1.76. The Bertz CT molecular complexity index is 1020. The highest BCUT2D eigenvalue weighted by Gasteiger charge is 2.13. The molecule has 6 heteroatoms. The minimum Gasteiger partial charge on any atom is -0.453 e. The number of hydrogen-bond acceptors (Lipinski definition) is 2. The minimum atomic E-state index is 0.537. The van der Waals surface area contributed by atoms with E-state index in [9.17, 15) is 0 Å². The van der Waals surface area contributed by atoms with Crippen molar-refractivity contribution >= 4 is 45.8 Å². The summed E-state index contributed by atoms with van der Waals surface area (Å²) in [5.74, 6) is 1.91. The van der Waals surface area contributed by atoms with Gasteiger partial charge in [0.1, 0.15) is 5.76 Å². The van der Waals surface area contributed by atoms with Gasteiger partial charge in [0.2, 0.25) is 0 Å². The lowest BCUT2D eigenvalue weighted by molar-refractivity contribution is 0.593. The first-order valence-corrected chi connectivity index (χ1v) is 7.94. The molecule has 4 aromatic rings. The van der Waals surface area contributed by atoms with Gasteiger partial charge in [0.25, 0.3) is 0 Å². The summed E-state index contributed by atoms with van der Waals surface area (Å²) in [6.45, 7) is 0. The number of hydrogen-bond donors (Lipinski definition) is 1. The molecule has 4 rings (SSSR count). The summed E-state index contributed by atoms with van der Waals surface area (Å²) in [6, 6.07) is 14.5. The Kier molecular flexibility index (Phi) is 3.57. The van der Waals surface area contributed by atoms with Crippen molar-refractivity contribution < 1.29 is 4.42 Å². The molecule has 0 saturated heterocycles. The van der Waals surface area contributed by atoms with Crippen molar-refractivity contribution in [3.8, 4) is 22.9 Å². The molecule has 0 spiro atoms. The maximum Gasteiger partial charge on any atom is 0.174 e. The van der Waals surface area contributed by atoms with Crippen LogP contribution in [0, 0.1) is 0 Å². The molecule has 0 unspecified atom stereocenters. The van der Waals surface area contributed by atoms with E-state index in [1.54, 1.807) is 18.2 Å². The van der Waals surface area contributed by atoms with Gasteiger partial charge in [0, 0.05) is 15.6 Å². The van der Waals surface area contributed by atoms with Crippen LogP contribution >= 0.6 is 34.8 Å². The number of fused-ring (bicyclic) bond motifs is 1. The van der Waals surface area contributed by atoms with Crippen LogP contribution in [0.4, 0.5) is 0 Å². The molecule has 0 amide bonds. The van der Waals surface area contributed by atoms with Gasteiger partial charge in [-0.1, -0.05) is 34.8 Å². The summed E-state index contributed by atoms with van der Waals surface area (Å²) < 4.78 is 5.88. The Morgan fingerprint density at radius 3 is 2.39 bits per heavy atom. The number of nitrogens with one attached hydrogen (secondary N) is 1. The molecular weight excluding hydrogens is 355 g/mol. The monoisotopic (exact) mass is 362 g/mol. The van der Waals surface area contributed by atoms with Crippen molar-refractivity contribution in [3.05, 3.63) is 63.6 Å². The standard InChI is InChI=1S/C17H9Cl3N2O/c18-9-1-3-11(12(20)7-9)15-5-6-16(23-15)17-21-13-4-2-10(19)8-14(13)22-17/h1-8H,(H,21,22). The molecule has 0 atom stereocenters. The van der Waals surface area contributed by atoms with E-state index in [-0.39, 0.29) is 0 Å². The minimum absolute atomic E-state index is 0.537. The third-order valence-electron chi connectivity index (χ3n) is 3.48. The predicted molar refractivity (Wildman–Crippen MR) is 94.3 cm³/mol. The van der Waals surface area contributed by atoms with Gasteiger partial charge in [-0.25, -0.2) is 4.98 Å². The fraction of sp³-hybridized carbons (Fsp3) is 0. The van der Waals surface area contributed by atoms with E-state index >= 15 is 0 Å². The molecule has 0 aliphatic heterocycles. The van der Waals surface area contributed by atoms with Gasteiger partial charge in [-0.15, -0.1) is 0 Å². The summed E-state index contributed by atoms with van der Waals surface area (Å²) in [7, 11) is 0. The molecule has 1 N–H and O–H groups in total. The summed E-state index contributed by atoms with van der Waals surface area (Å²) in [5.41, 5.74) is 2.46. The lowest BCUT2D eigenvalue weighted by Crippen LogP contribution is -1.77. The number of furan rings is 1. The molecule has 23 heavy (non-hydrogen) atoms. The molecule has 2 aromatic carbocycles. The Hall–Kier alpha value is -1.94. The molecule has 0 aliphatic carbocycles. The van der Waals surface area contributed by atoms with Gasteiger partial charge in [0.15, 0.2) is 11.6 Å². The first kappa shape index (κ1) is 14.6. The quantitative estimate of drug-likeness (QED) is 0.444. The van der Waals surface area contributed by atoms with Crippen LogP contribution in [0.2, 0.25) is 15.1 Å². The van der Waals surface area contributed by atoms with Crippen LogP contribution in [0.1, 0.15) is 0 Å². The highest BCUT2D eigenvalue weighted by Crippen LogP contribution is 2.34. The largest absolute Gasteiger partial charge is 0.453 e. The first-order valence-electron chi connectivity index (χ1n) is 6.81. The summed E-state index contributed by atoms with van der Waals surface area (Å²) in [6.07, 6.45) is 0. The van der Waals surface area contributed by atoms with E-state index in [1.165, 1.54) is 0 Å². The zero-order valence-corrected chi connectivity index (χ0v) is 13.9. The van der Waals surface area contributed by atoms with Gasteiger partial charge in [0.05, 0.1) is 16.1 Å². The topological polar surface area (TPSA) is 41.8 Å². The number of halogens is 3. The predicted octanol–water partition coefficient (Wildman–Crippen LogP) is 6.45. The SMILES string of the molecule is Clc1ccc(-c2ccc(-c3nc4ccc(Cl)cc4[nH]3)o2)c(Cl)c1. The molecular formula is C17H9Cl3N2O. The van der Waals surface area contributed by atoms with Crippen molar-refractivity contribution in [3.63, 3.8) is 0 Å². The maximum absolute atomic E-state index is 6.22. The lowest BCUT2D eigenvalue weighted by atomic mass is 10.2. The number of imidazole rings is 1. The van der Waals surface area contributed by atoms with Crippen molar-refractivity contribution in [1.82, 2.24) is 9.97 Å². The smallest absolute Gasteiger partial charge is 0.174 e. The molecule has 114 valence electrons. The third kappa shape index (κ3) is 2.72. The van der Waals surface area contributed by atoms with E-state index in [2.05, 4.69) is 9.97 Å². The zero-order chi connectivity index (χ0) is 16.0. The van der Waals surface area contributed by atoms with Crippen LogP contribution in [0.15, 0.2) is 52.9 Å². The van der Waals surface area contributed by atoms with Gasteiger partial charge < -0.3 is 9.40 Å². The van der Waals surface area contributed by atoms with Crippen LogP contribution in [0.3, 0.4) is 0 Å². The summed E-state index contributed by atoms with van der Waals surface area (Å²) >= 11 is 18.1. The van der Waals surface area contributed by atoms with Crippen molar-refractivity contribution in [2.75, 3.05) is 0 Å². The first-order chi connectivity index (χ1) is 11.1. The molecule has 2 aromatic heterocycles. The highest BCUT2D eigenvalue weighted by atomic mass is 35.5.